The van der Waals surface area contributed by atoms with Crippen molar-refractivity contribution in [3.8, 4) is 33.4 Å². The fourth-order valence-corrected chi connectivity index (χ4v) is 11.3. The molecule has 0 amide bonds. The Morgan fingerprint density at radius 3 is 1.47 bits per heavy atom. The number of hydrogen-bond acceptors (Lipinski definition) is 4. The summed E-state index contributed by atoms with van der Waals surface area (Å²) in [5.41, 5.74) is 12.1. The summed E-state index contributed by atoms with van der Waals surface area (Å²) in [6.07, 6.45) is 0. The highest BCUT2D eigenvalue weighted by atomic mass is 32.1. The van der Waals surface area contributed by atoms with E-state index in [4.69, 9.17) is 4.42 Å². The molecular formula is C54H33NOS2. The van der Waals surface area contributed by atoms with Crippen LogP contribution in [0, 0.1) is 0 Å². The molecule has 0 fully saturated rings. The Morgan fingerprint density at radius 2 is 0.810 bits per heavy atom. The van der Waals surface area contributed by atoms with Crippen molar-refractivity contribution in [1.82, 2.24) is 0 Å². The second-order valence-electron chi connectivity index (χ2n) is 14.8. The normalized spacial score (nSPS) is 11.8. The van der Waals surface area contributed by atoms with Crippen molar-refractivity contribution < 1.29 is 4.42 Å². The number of fused-ring (bicyclic) bond motifs is 9. The molecular weight excluding hydrogens is 743 g/mol. The smallest absolute Gasteiger partial charge is 0.137 e. The molecule has 4 heteroatoms. The van der Waals surface area contributed by atoms with Crippen LogP contribution in [0.3, 0.4) is 0 Å². The van der Waals surface area contributed by atoms with E-state index in [-0.39, 0.29) is 0 Å². The van der Waals surface area contributed by atoms with Crippen LogP contribution in [0.4, 0.5) is 17.1 Å². The molecule has 0 N–H and O–H groups in total. The average molecular weight is 776 g/mol. The highest BCUT2D eigenvalue weighted by molar-refractivity contribution is 7.26. The van der Waals surface area contributed by atoms with Crippen LogP contribution in [0.25, 0.3) is 95.7 Å². The third-order valence-corrected chi connectivity index (χ3v) is 13.9. The molecule has 58 heavy (non-hydrogen) atoms. The number of rotatable bonds is 6. The topological polar surface area (TPSA) is 16.4 Å². The number of nitrogens with zero attached hydrogens (tertiary/aromatic N) is 1. The average Bonchev–Trinajstić information content (AvgIpc) is 3.98. The van der Waals surface area contributed by atoms with Crippen LogP contribution in [0.15, 0.2) is 205 Å². The molecule has 0 aliphatic rings. The molecule has 12 aromatic rings. The molecule has 3 heterocycles. The van der Waals surface area contributed by atoms with Crippen LogP contribution in [-0.4, -0.2) is 0 Å². The van der Waals surface area contributed by atoms with Gasteiger partial charge in [0.1, 0.15) is 11.2 Å². The summed E-state index contributed by atoms with van der Waals surface area (Å²) in [5.74, 6) is 0. The molecule has 3 aromatic heterocycles. The van der Waals surface area contributed by atoms with Crippen LogP contribution in [0.1, 0.15) is 0 Å². The van der Waals surface area contributed by atoms with Gasteiger partial charge in [0.15, 0.2) is 0 Å². The zero-order valence-corrected chi connectivity index (χ0v) is 32.9. The zero-order valence-electron chi connectivity index (χ0n) is 31.2. The molecule has 0 saturated heterocycles. The summed E-state index contributed by atoms with van der Waals surface area (Å²) in [6, 6.07) is 72.7. The number of benzene rings is 9. The molecule has 0 aliphatic carbocycles. The van der Waals surface area contributed by atoms with Gasteiger partial charge >= 0.3 is 0 Å². The lowest BCUT2D eigenvalue weighted by atomic mass is 9.92. The van der Waals surface area contributed by atoms with Gasteiger partial charge in [-0.15, -0.1) is 22.7 Å². The summed E-state index contributed by atoms with van der Waals surface area (Å²) in [5, 5.41) is 7.38. The third kappa shape index (κ3) is 5.23. The molecule has 9 aromatic carbocycles. The van der Waals surface area contributed by atoms with Crippen molar-refractivity contribution in [1.29, 1.82) is 0 Å². The van der Waals surface area contributed by atoms with E-state index in [1.165, 1.54) is 73.7 Å². The molecule has 0 bridgehead atoms. The Balaban J connectivity index is 1.19. The van der Waals surface area contributed by atoms with E-state index >= 15 is 0 Å². The van der Waals surface area contributed by atoms with Gasteiger partial charge in [0.05, 0.1) is 5.69 Å². The number of anilines is 3. The Morgan fingerprint density at radius 1 is 0.328 bits per heavy atom. The van der Waals surface area contributed by atoms with E-state index in [9.17, 15) is 0 Å². The van der Waals surface area contributed by atoms with Gasteiger partial charge in [-0.2, -0.15) is 0 Å². The maximum absolute atomic E-state index is 6.58. The largest absolute Gasteiger partial charge is 0.456 e. The van der Waals surface area contributed by atoms with E-state index in [0.29, 0.717) is 0 Å². The van der Waals surface area contributed by atoms with E-state index in [1.807, 2.05) is 28.7 Å². The molecule has 0 radical (unpaired) electrons. The molecule has 272 valence electrons. The Bertz CT molecular complexity index is 3390. The van der Waals surface area contributed by atoms with Crippen LogP contribution >= 0.6 is 22.7 Å². The second kappa shape index (κ2) is 13.3. The van der Waals surface area contributed by atoms with Gasteiger partial charge in [-0.1, -0.05) is 152 Å². The Hall–Kier alpha value is -6.98. The lowest BCUT2D eigenvalue weighted by Crippen LogP contribution is -2.12. The van der Waals surface area contributed by atoms with Gasteiger partial charge in [0.25, 0.3) is 0 Å². The predicted molar refractivity (Wildman–Crippen MR) is 250 cm³/mol. The fourth-order valence-electron chi connectivity index (χ4n) is 8.83. The van der Waals surface area contributed by atoms with Crippen LogP contribution in [0.2, 0.25) is 0 Å². The molecule has 12 rings (SSSR count). The van der Waals surface area contributed by atoms with Gasteiger partial charge in [-0.25, -0.2) is 0 Å². The van der Waals surface area contributed by atoms with Gasteiger partial charge in [-0.3, -0.25) is 0 Å². The van der Waals surface area contributed by atoms with Crippen molar-refractivity contribution in [3.63, 3.8) is 0 Å². The molecule has 0 atom stereocenters. The minimum atomic E-state index is 0.863. The van der Waals surface area contributed by atoms with Crippen molar-refractivity contribution >= 4 is 102 Å². The highest BCUT2D eigenvalue weighted by Gasteiger charge is 2.26. The van der Waals surface area contributed by atoms with Crippen molar-refractivity contribution in [3.05, 3.63) is 200 Å². The lowest BCUT2D eigenvalue weighted by Gasteiger charge is -2.30. The molecule has 0 aliphatic heterocycles. The van der Waals surface area contributed by atoms with E-state index < -0.39 is 0 Å². The maximum Gasteiger partial charge on any atom is 0.137 e. The van der Waals surface area contributed by atoms with Gasteiger partial charge in [0, 0.05) is 90.8 Å². The predicted octanol–water partition coefficient (Wildman–Crippen LogP) is 16.8. The van der Waals surface area contributed by atoms with Gasteiger partial charge in [-0.05, 0) is 53.6 Å². The number of furan rings is 1. The third-order valence-electron chi connectivity index (χ3n) is 11.5. The fraction of sp³-hybridized carbons (Fsp3) is 0. The van der Waals surface area contributed by atoms with Gasteiger partial charge < -0.3 is 9.32 Å². The number of hydrogen-bond donors (Lipinski definition) is 0. The zero-order chi connectivity index (χ0) is 38.2. The van der Waals surface area contributed by atoms with E-state index in [0.717, 1.165) is 39.0 Å². The monoisotopic (exact) mass is 775 g/mol. The standard InChI is InChI=1S/C54H33NOS2/c1-2-13-34(14-3-1)35-27-29-36(30-28-35)55(37-31-32-39-38-15-4-7-24-48(38)56-49(39)33-37)52-42(46-22-11-20-44-40-16-5-8-25-50(40)57-53(44)46)18-10-19-43(52)47-23-12-21-45-41-17-6-9-26-51(41)58-54(45)47/h1-33H. The van der Waals surface area contributed by atoms with E-state index in [1.54, 1.807) is 0 Å². The Labute approximate surface area is 343 Å². The first-order valence-corrected chi connectivity index (χ1v) is 21.2. The molecule has 2 nitrogen and oxygen atoms in total. The molecule has 0 saturated carbocycles. The number of para-hydroxylation sites is 2. The molecule has 0 unspecified atom stereocenters. The molecule has 0 spiro atoms. The second-order valence-corrected chi connectivity index (χ2v) is 16.9. The summed E-state index contributed by atoms with van der Waals surface area (Å²) < 4.78 is 11.7. The maximum atomic E-state index is 6.58. The summed E-state index contributed by atoms with van der Waals surface area (Å²) in [4.78, 5) is 2.46. The van der Waals surface area contributed by atoms with Crippen LogP contribution in [-0.2, 0) is 0 Å². The van der Waals surface area contributed by atoms with Crippen molar-refractivity contribution in [2.24, 2.45) is 0 Å². The van der Waals surface area contributed by atoms with Gasteiger partial charge in [0.2, 0.25) is 0 Å². The minimum absolute atomic E-state index is 0.863. The first-order valence-electron chi connectivity index (χ1n) is 19.6. The summed E-state index contributed by atoms with van der Waals surface area (Å²) in [6.45, 7) is 0. The van der Waals surface area contributed by atoms with Crippen LogP contribution < -0.4 is 4.90 Å². The van der Waals surface area contributed by atoms with Crippen LogP contribution in [0.5, 0.6) is 0 Å². The quantitative estimate of drug-likeness (QED) is 0.167. The number of thiophene rings is 2. The minimum Gasteiger partial charge on any atom is -0.456 e. The lowest BCUT2D eigenvalue weighted by molar-refractivity contribution is 0.669. The van der Waals surface area contributed by atoms with Crippen molar-refractivity contribution in [2.75, 3.05) is 4.90 Å². The van der Waals surface area contributed by atoms with Crippen molar-refractivity contribution in [2.45, 2.75) is 0 Å². The summed E-state index contributed by atoms with van der Waals surface area (Å²) >= 11 is 3.75. The first-order chi connectivity index (χ1) is 28.8. The highest BCUT2D eigenvalue weighted by Crippen LogP contribution is 2.52. The SMILES string of the molecule is c1ccc(-c2ccc(N(c3ccc4c(c3)oc3ccccc34)c3c(-c4cccc5c4sc4ccccc45)cccc3-c3cccc4c3sc3ccccc34)cc2)cc1. The van der Waals surface area contributed by atoms with E-state index in [2.05, 4.69) is 199 Å². The first kappa shape index (κ1) is 33.2. The Kier molecular flexibility index (Phi) is 7.62. The summed E-state index contributed by atoms with van der Waals surface area (Å²) in [7, 11) is 0.